The number of nitrogens with one attached hydrogen (secondary N) is 3. The molecule has 0 saturated carbocycles. The number of nitrogens with zero attached hydrogens (tertiary/aromatic N) is 1. The van der Waals surface area contributed by atoms with Crippen LogP contribution in [0, 0.1) is 13.8 Å². The zero-order chi connectivity index (χ0) is 26.5. The van der Waals surface area contributed by atoms with Crippen LogP contribution in [0.25, 0.3) is 0 Å². The minimum Gasteiger partial charge on any atom is -0.382 e. The second kappa shape index (κ2) is 11.4. The van der Waals surface area contributed by atoms with E-state index in [0.29, 0.717) is 12.4 Å². The Morgan fingerprint density at radius 3 is 2.28 bits per heavy atom. The fourth-order valence-electron chi connectivity index (χ4n) is 3.52. The summed E-state index contributed by atoms with van der Waals surface area (Å²) in [5.41, 5.74) is 1.05. The molecule has 2 heterocycles. The number of benzene rings is 1. The van der Waals surface area contributed by atoms with Crippen molar-refractivity contribution in [3.8, 4) is 0 Å². The molecule has 1 saturated heterocycles. The van der Waals surface area contributed by atoms with E-state index in [9.17, 15) is 19.2 Å². The molecule has 3 rings (SSSR count). The zero-order valence-corrected chi connectivity index (χ0v) is 21.0. The van der Waals surface area contributed by atoms with Gasteiger partial charge in [0.05, 0.1) is 19.3 Å². The van der Waals surface area contributed by atoms with Gasteiger partial charge < -0.3 is 29.9 Å². The van der Waals surface area contributed by atoms with Crippen molar-refractivity contribution in [1.82, 2.24) is 21.1 Å². The molecule has 3 N–H and O–H groups in total. The molecular formula is C25H32N4O7. The van der Waals surface area contributed by atoms with Crippen molar-refractivity contribution in [2.45, 2.75) is 57.8 Å². The highest BCUT2D eigenvalue weighted by Crippen LogP contribution is 2.29. The number of ether oxygens (including phenoxy) is 2. The van der Waals surface area contributed by atoms with Crippen LogP contribution in [0.2, 0.25) is 0 Å². The number of aromatic nitrogens is 1. The lowest BCUT2D eigenvalue weighted by molar-refractivity contribution is -0.133. The monoisotopic (exact) mass is 500 g/mol. The van der Waals surface area contributed by atoms with E-state index in [4.69, 9.17) is 14.0 Å². The smallest absolute Gasteiger partial charge is 0.274 e. The Labute approximate surface area is 209 Å². The third-order valence-electron chi connectivity index (χ3n) is 5.86. The number of Topliss-reactive ketones (excluding diaryl/α,β-unsaturated/α-hetero) is 1. The van der Waals surface area contributed by atoms with Crippen LogP contribution in [-0.4, -0.2) is 72.7 Å². The maximum atomic E-state index is 13.0. The number of aryl methyl sites for hydroxylation is 2. The molecule has 0 aliphatic carbocycles. The molecule has 1 aliphatic rings. The maximum absolute atomic E-state index is 13.0. The number of methoxy groups -OCH3 is 1. The third-order valence-corrected chi connectivity index (χ3v) is 5.86. The van der Waals surface area contributed by atoms with E-state index in [-0.39, 0.29) is 24.5 Å². The van der Waals surface area contributed by atoms with Crippen LogP contribution < -0.4 is 16.0 Å². The molecule has 2 aromatic rings. The minimum atomic E-state index is -1.08. The molecule has 36 heavy (non-hydrogen) atoms. The Balaban J connectivity index is 1.63. The van der Waals surface area contributed by atoms with Crippen molar-refractivity contribution in [1.29, 1.82) is 0 Å². The molecule has 0 radical (unpaired) electrons. The quantitative estimate of drug-likeness (QED) is 0.359. The number of hydrogen-bond donors (Lipinski definition) is 3. The van der Waals surface area contributed by atoms with E-state index in [0.717, 1.165) is 11.1 Å². The first kappa shape index (κ1) is 27.0. The van der Waals surface area contributed by atoms with Gasteiger partial charge in [0.2, 0.25) is 11.8 Å². The lowest BCUT2D eigenvalue weighted by Crippen LogP contribution is -2.56. The Hall–Kier alpha value is -3.57. The lowest BCUT2D eigenvalue weighted by Gasteiger charge is -2.24. The van der Waals surface area contributed by atoms with E-state index in [1.54, 1.807) is 13.8 Å². The Bertz CT molecular complexity index is 1110. The summed E-state index contributed by atoms with van der Waals surface area (Å²) < 4.78 is 15.2. The highest BCUT2D eigenvalue weighted by atomic mass is 16.6. The van der Waals surface area contributed by atoms with Crippen molar-refractivity contribution in [2.75, 3.05) is 20.3 Å². The SMILES string of the molecule is COC[C@H](NC(=O)c1cc(C)on1)C(=O)N[C@@H](C)C(=O)N[C@@H](Cc1ccc(C)cc1)C(=O)C1(C)CO1. The molecule has 1 aromatic carbocycles. The molecule has 194 valence electrons. The number of hydrogen-bond acceptors (Lipinski definition) is 8. The molecular weight excluding hydrogens is 468 g/mol. The van der Waals surface area contributed by atoms with Gasteiger partial charge in [-0.05, 0) is 39.7 Å². The molecule has 1 aliphatic heterocycles. The molecule has 1 fully saturated rings. The third kappa shape index (κ3) is 6.98. The molecule has 0 spiro atoms. The second-order valence-electron chi connectivity index (χ2n) is 9.17. The Kier molecular flexibility index (Phi) is 8.59. The van der Waals surface area contributed by atoms with Crippen LogP contribution in [0.1, 0.15) is 41.2 Å². The predicted molar refractivity (Wildman–Crippen MR) is 128 cm³/mol. The van der Waals surface area contributed by atoms with Crippen LogP contribution in [0.4, 0.5) is 0 Å². The van der Waals surface area contributed by atoms with Crippen molar-refractivity contribution >= 4 is 23.5 Å². The molecule has 0 bridgehead atoms. The molecule has 1 aromatic heterocycles. The van der Waals surface area contributed by atoms with Gasteiger partial charge in [0.1, 0.15) is 23.4 Å². The van der Waals surface area contributed by atoms with Gasteiger partial charge in [-0.1, -0.05) is 35.0 Å². The van der Waals surface area contributed by atoms with Crippen LogP contribution in [-0.2, 0) is 30.3 Å². The van der Waals surface area contributed by atoms with E-state index < -0.39 is 41.4 Å². The zero-order valence-electron chi connectivity index (χ0n) is 21.0. The molecule has 11 heteroatoms. The number of carbonyl (C=O) groups is 4. The molecule has 1 unspecified atom stereocenters. The van der Waals surface area contributed by atoms with Crippen LogP contribution in [0.5, 0.6) is 0 Å². The lowest BCUT2D eigenvalue weighted by atomic mass is 9.94. The Morgan fingerprint density at radius 2 is 1.72 bits per heavy atom. The summed E-state index contributed by atoms with van der Waals surface area (Å²) >= 11 is 0. The van der Waals surface area contributed by atoms with Crippen molar-refractivity contribution in [2.24, 2.45) is 0 Å². The van der Waals surface area contributed by atoms with Crippen LogP contribution >= 0.6 is 0 Å². The summed E-state index contributed by atoms with van der Waals surface area (Å²) in [4.78, 5) is 51.2. The predicted octanol–water partition coefficient (Wildman–Crippen LogP) is 0.626. The van der Waals surface area contributed by atoms with Gasteiger partial charge >= 0.3 is 0 Å². The van der Waals surface area contributed by atoms with Crippen LogP contribution in [0.3, 0.4) is 0 Å². The van der Waals surface area contributed by atoms with Gasteiger partial charge in [-0.25, -0.2) is 0 Å². The molecule has 3 amide bonds. The highest BCUT2D eigenvalue weighted by molar-refractivity contribution is 5.99. The number of amides is 3. The van der Waals surface area contributed by atoms with Crippen molar-refractivity contribution < 1.29 is 33.2 Å². The van der Waals surface area contributed by atoms with Gasteiger partial charge in [0.25, 0.3) is 5.91 Å². The molecule has 11 nitrogen and oxygen atoms in total. The summed E-state index contributed by atoms with van der Waals surface area (Å²) in [5.74, 6) is -1.59. The summed E-state index contributed by atoms with van der Waals surface area (Å²) in [7, 11) is 1.38. The fraction of sp³-hybridized carbons (Fsp3) is 0.480. The van der Waals surface area contributed by atoms with Gasteiger partial charge in [0, 0.05) is 13.2 Å². The molecule has 4 atom stereocenters. The van der Waals surface area contributed by atoms with E-state index >= 15 is 0 Å². The largest absolute Gasteiger partial charge is 0.382 e. The standard InChI is InChI=1S/C25H32N4O7/c1-14-6-8-17(9-7-14)11-18(21(30)25(4)13-35-25)27-22(31)16(3)26-24(33)20(12-34-5)28-23(32)19-10-15(2)36-29-19/h6-10,16,18,20H,11-13H2,1-5H3,(H,26,33)(H,27,31)(H,28,32)/t16-,18-,20-,25?/m0/s1. The van der Waals surface area contributed by atoms with Gasteiger partial charge in [0.15, 0.2) is 11.5 Å². The van der Waals surface area contributed by atoms with E-state index in [1.807, 2.05) is 31.2 Å². The number of ketones is 1. The fourth-order valence-corrected chi connectivity index (χ4v) is 3.52. The van der Waals surface area contributed by atoms with E-state index in [1.165, 1.54) is 20.1 Å². The summed E-state index contributed by atoms with van der Waals surface area (Å²) in [6, 6.07) is 6.18. The number of epoxide rings is 1. The summed E-state index contributed by atoms with van der Waals surface area (Å²) in [6.07, 6.45) is 0.282. The second-order valence-corrected chi connectivity index (χ2v) is 9.17. The Morgan fingerprint density at radius 1 is 1.06 bits per heavy atom. The summed E-state index contributed by atoms with van der Waals surface area (Å²) in [5, 5.41) is 11.5. The average molecular weight is 501 g/mol. The van der Waals surface area contributed by atoms with Crippen LogP contribution in [0.15, 0.2) is 34.9 Å². The van der Waals surface area contributed by atoms with Crippen molar-refractivity contribution in [3.63, 3.8) is 0 Å². The first-order valence-electron chi connectivity index (χ1n) is 11.6. The highest BCUT2D eigenvalue weighted by Gasteiger charge is 2.50. The average Bonchev–Trinajstić information content (AvgIpc) is 3.44. The van der Waals surface area contributed by atoms with E-state index in [2.05, 4.69) is 21.1 Å². The van der Waals surface area contributed by atoms with Gasteiger partial charge in [-0.2, -0.15) is 0 Å². The normalized spacial score (nSPS) is 19.0. The number of carbonyl (C=O) groups excluding carboxylic acids is 4. The topological polar surface area (TPSA) is 152 Å². The minimum absolute atomic E-state index is 0.0143. The van der Waals surface area contributed by atoms with Gasteiger partial charge in [-0.15, -0.1) is 0 Å². The first-order chi connectivity index (χ1) is 17.0. The number of rotatable bonds is 12. The summed E-state index contributed by atoms with van der Waals surface area (Å²) in [6.45, 7) is 6.93. The van der Waals surface area contributed by atoms with Crippen molar-refractivity contribution in [3.05, 3.63) is 52.9 Å². The van der Waals surface area contributed by atoms with Gasteiger partial charge in [-0.3, -0.25) is 19.2 Å². The maximum Gasteiger partial charge on any atom is 0.274 e. The first-order valence-corrected chi connectivity index (χ1v) is 11.6.